The molecule has 0 spiro atoms. The van der Waals surface area contributed by atoms with Crippen LogP contribution in [0.3, 0.4) is 0 Å². The highest BCUT2D eigenvalue weighted by Gasteiger charge is 2.40. The number of hydrogen-bond donors (Lipinski definition) is 1. The Kier molecular flexibility index (Phi) is 5.25. The van der Waals surface area contributed by atoms with E-state index in [1.54, 1.807) is 0 Å². The first kappa shape index (κ1) is 19.3. The lowest BCUT2D eigenvalue weighted by Gasteiger charge is -2.45. The van der Waals surface area contributed by atoms with E-state index in [9.17, 15) is 4.79 Å². The van der Waals surface area contributed by atoms with Gasteiger partial charge in [0.15, 0.2) is 0 Å². The lowest BCUT2D eigenvalue weighted by Crippen LogP contribution is -2.49. The molecule has 5 rings (SSSR count). The molecule has 0 saturated carbocycles. The van der Waals surface area contributed by atoms with Gasteiger partial charge in [0.2, 0.25) is 0 Å². The number of carbonyl (C=O) groups is 1. The molecule has 3 aliphatic rings. The lowest BCUT2D eigenvalue weighted by molar-refractivity contribution is 0.0443. The van der Waals surface area contributed by atoms with Crippen molar-refractivity contribution in [2.24, 2.45) is 5.92 Å². The third kappa shape index (κ3) is 3.44. The molecule has 0 radical (unpaired) electrons. The minimum atomic E-state index is -0.113. The zero-order valence-corrected chi connectivity index (χ0v) is 18.3. The van der Waals surface area contributed by atoms with Gasteiger partial charge in [0.25, 0.3) is 0 Å². The molecule has 156 valence electrons. The Labute approximate surface area is 177 Å². The van der Waals surface area contributed by atoms with Crippen LogP contribution in [0.2, 0.25) is 0 Å². The summed E-state index contributed by atoms with van der Waals surface area (Å²) in [6.07, 6.45) is 7.68. The van der Waals surface area contributed by atoms with E-state index in [1.807, 2.05) is 16.7 Å². The Bertz CT molecular complexity index is 905. The molecule has 2 aromatic rings. The Morgan fingerprint density at radius 1 is 1.28 bits per heavy atom. The van der Waals surface area contributed by atoms with E-state index in [0.717, 1.165) is 45.3 Å². The molecule has 1 N–H and O–H groups in total. The van der Waals surface area contributed by atoms with Crippen LogP contribution in [0.25, 0.3) is 10.9 Å². The van der Waals surface area contributed by atoms with Gasteiger partial charge >= 0.3 is 6.09 Å². The van der Waals surface area contributed by atoms with Gasteiger partial charge in [-0.15, -0.1) is 11.8 Å². The molecule has 6 heteroatoms. The second-order valence-corrected chi connectivity index (χ2v) is 9.77. The van der Waals surface area contributed by atoms with Gasteiger partial charge in [0.05, 0.1) is 11.6 Å². The number of aromatic amines is 1. The molecule has 0 bridgehead atoms. The summed E-state index contributed by atoms with van der Waals surface area (Å²) in [7, 11) is 2.24. The fraction of sp³-hybridized carbons (Fsp3) is 0.609. The molecular weight excluding hydrogens is 382 g/mol. The molecule has 1 aliphatic carbocycles. The number of ether oxygens (including phenoxy) is 1. The average molecular weight is 414 g/mol. The van der Waals surface area contributed by atoms with E-state index in [4.69, 9.17) is 4.74 Å². The quantitative estimate of drug-likeness (QED) is 0.754. The van der Waals surface area contributed by atoms with E-state index in [2.05, 4.69) is 41.4 Å². The van der Waals surface area contributed by atoms with Crippen LogP contribution in [-0.2, 0) is 11.2 Å². The molecule has 1 unspecified atom stereocenters. The summed E-state index contributed by atoms with van der Waals surface area (Å²) < 4.78 is 5.76. The van der Waals surface area contributed by atoms with Gasteiger partial charge < -0.3 is 19.5 Å². The minimum absolute atomic E-state index is 0.113. The van der Waals surface area contributed by atoms with E-state index in [-0.39, 0.29) is 6.09 Å². The highest BCUT2D eigenvalue weighted by atomic mass is 32.2. The lowest BCUT2D eigenvalue weighted by atomic mass is 9.72. The topological polar surface area (TPSA) is 48.6 Å². The molecule has 3 heterocycles. The Morgan fingerprint density at radius 3 is 2.90 bits per heavy atom. The number of benzene rings is 1. The molecule has 1 aromatic heterocycles. The first-order valence-corrected chi connectivity index (χ1v) is 12.2. The van der Waals surface area contributed by atoms with Gasteiger partial charge in [-0.1, -0.05) is 12.1 Å². The third-order valence-electron chi connectivity index (χ3n) is 7.16. The van der Waals surface area contributed by atoms with Crippen molar-refractivity contribution in [1.82, 2.24) is 14.8 Å². The standard InChI is InChI=1S/C23H31N3O2S/c1-25-13-15(14-28-23(27)26-9-4-3-5-10-26)11-17-16-7-6-8-19-21(16)18(12-20(17)25)22(24-19)29-2/h6-8,15,17,20,24H,3-5,9-14H2,1-2H3/t15?,17-,20-/m0/s1. The summed E-state index contributed by atoms with van der Waals surface area (Å²) >= 11 is 1.82. The number of likely N-dealkylation sites (tertiary alicyclic amines) is 2. The maximum atomic E-state index is 12.4. The van der Waals surface area contributed by atoms with Crippen LogP contribution in [-0.4, -0.2) is 66.5 Å². The van der Waals surface area contributed by atoms with Crippen LogP contribution >= 0.6 is 11.8 Å². The van der Waals surface area contributed by atoms with Crippen molar-refractivity contribution < 1.29 is 9.53 Å². The monoisotopic (exact) mass is 413 g/mol. The zero-order valence-electron chi connectivity index (χ0n) is 17.4. The molecular formula is C23H31N3O2S. The predicted octanol–water partition coefficient (Wildman–Crippen LogP) is 4.47. The smallest absolute Gasteiger partial charge is 0.409 e. The highest BCUT2D eigenvalue weighted by molar-refractivity contribution is 7.98. The van der Waals surface area contributed by atoms with E-state index < -0.39 is 0 Å². The predicted molar refractivity (Wildman–Crippen MR) is 118 cm³/mol. The summed E-state index contributed by atoms with van der Waals surface area (Å²) in [6.45, 7) is 3.24. The van der Waals surface area contributed by atoms with Gasteiger partial charge in [-0.05, 0) is 62.6 Å². The van der Waals surface area contributed by atoms with Crippen LogP contribution in [0.1, 0.15) is 42.7 Å². The van der Waals surface area contributed by atoms with Crippen molar-refractivity contribution in [3.63, 3.8) is 0 Å². The SMILES string of the molecule is CSc1[nH]c2cccc3c2c1C[C@H]1[C@H]3CC(COC(=O)N2CCCCC2)CN1C. The number of thioether (sulfide) groups is 1. The van der Waals surface area contributed by atoms with E-state index >= 15 is 0 Å². The van der Waals surface area contributed by atoms with Crippen LogP contribution in [0.5, 0.6) is 0 Å². The van der Waals surface area contributed by atoms with Crippen LogP contribution in [0, 0.1) is 5.92 Å². The summed E-state index contributed by atoms with van der Waals surface area (Å²) in [6, 6.07) is 7.23. The van der Waals surface area contributed by atoms with Crippen molar-refractivity contribution in [2.45, 2.75) is 49.1 Å². The molecule has 3 atom stereocenters. The Balaban J connectivity index is 1.34. The van der Waals surface area contributed by atoms with Crippen molar-refractivity contribution >= 4 is 28.8 Å². The van der Waals surface area contributed by atoms with Gasteiger partial charge in [-0.3, -0.25) is 0 Å². The second-order valence-electron chi connectivity index (χ2n) is 8.95. The van der Waals surface area contributed by atoms with Crippen molar-refractivity contribution in [3.8, 4) is 0 Å². The number of nitrogens with one attached hydrogen (secondary N) is 1. The molecule has 1 aromatic carbocycles. The summed E-state index contributed by atoms with van der Waals surface area (Å²) in [5.41, 5.74) is 4.23. The number of hydrogen-bond acceptors (Lipinski definition) is 4. The number of likely N-dealkylation sites (N-methyl/N-ethyl adjacent to an activating group) is 1. The number of fused-ring (bicyclic) bond motifs is 2. The largest absolute Gasteiger partial charge is 0.449 e. The van der Waals surface area contributed by atoms with E-state index in [0.29, 0.717) is 24.5 Å². The van der Waals surface area contributed by atoms with Gasteiger partial charge in [-0.25, -0.2) is 4.79 Å². The maximum absolute atomic E-state index is 12.4. The van der Waals surface area contributed by atoms with E-state index in [1.165, 1.54) is 33.5 Å². The third-order valence-corrected chi connectivity index (χ3v) is 7.92. The van der Waals surface area contributed by atoms with Crippen molar-refractivity contribution in [2.75, 3.05) is 39.5 Å². The molecule has 2 fully saturated rings. The summed E-state index contributed by atoms with van der Waals surface area (Å²) in [5.74, 6) is 0.903. The normalized spacial score (nSPS) is 27.1. The number of nitrogens with zero attached hydrogens (tertiary/aromatic N) is 2. The molecule has 2 saturated heterocycles. The Hall–Kier alpha value is -1.66. The number of aromatic nitrogens is 1. The highest BCUT2D eigenvalue weighted by Crippen LogP contribution is 2.46. The second kappa shape index (κ2) is 7.88. The first-order chi connectivity index (χ1) is 14.2. The molecule has 1 amide bonds. The average Bonchev–Trinajstić information content (AvgIpc) is 3.12. The fourth-order valence-electron chi connectivity index (χ4n) is 5.76. The number of carbonyl (C=O) groups excluding carboxylic acids is 1. The molecule has 2 aliphatic heterocycles. The zero-order chi connectivity index (χ0) is 20.0. The number of rotatable bonds is 3. The maximum Gasteiger partial charge on any atom is 0.409 e. The number of H-pyrrole nitrogens is 1. The van der Waals surface area contributed by atoms with Crippen molar-refractivity contribution in [3.05, 3.63) is 29.3 Å². The first-order valence-electron chi connectivity index (χ1n) is 10.9. The summed E-state index contributed by atoms with van der Waals surface area (Å²) in [4.78, 5) is 20.5. The summed E-state index contributed by atoms with van der Waals surface area (Å²) in [5, 5.41) is 2.76. The fourth-order valence-corrected chi connectivity index (χ4v) is 6.40. The van der Waals surface area contributed by atoms with Gasteiger partial charge in [-0.2, -0.15) is 0 Å². The minimum Gasteiger partial charge on any atom is -0.449 e. The van der Waals surface area contributed by atoms with Crippen LogP contribution in [0.15, 0.2) is 23.2 Å². The van der Waals surface area contributed by atoms with Gasteiger partial charge in [0.1, 0.15) is 0 Å². The molecule has 29 heavy (non-hydrogen) atoms. The number of amides is 1. The van der Waals surface area contributed by atoms with Gasteiger partial charge in [0, 0.05) is 48.4 Å². The number of piperidine rings is 2. The van der Waals surface area contributed by atoms with Crippen LogP contribution in [0.4, 0.5) is 4.79 Å². The van der Waals surface area contributed by atoms with Crippen LogP contribution < -0.4 is 0 Å². The Morgan fingerprint density at radius 2 is 2.10 bits per heavy atom. The van der Waals surface area contributed by atoms with Crippen molar-refractivity contribution in [1.29, 1.82) is 0 Å². The molecule has 5 nitrogen and oxygen atoms in total.